The van der Waals surface area contributed by atoms with Gasteiger partial charge in [-0.05, 0) is 48.4 Å². The van der Waals surface area contributed by atoms with Crippen LogP contribution in [0.2, 0.25) is 0 Å². The maximum absolute atomic E-state index is 13.3. The molecule has 148 valence electrons. The van der Waals surface area contributed by atoms with Crippen LogP contribution in [-0.2, 0) is 6.61 Å². The van der Waals surface area contributed by atoms with Crippen molar-refractivity contribution in [2.75, 3.05) is 12.4 Å². The van der Waals surface area contributed by atoms with E-state index in [-0.39, 0.29) is 24.2 Å². The summed E-state index contributed by atoms with van der Waals surface area (Å²) in [7, 11) is 1.54. The minimum atomic E-state index is -0.374. The first kappa shape index (κ1) is 20.1. The Bertz CT molecular complexity index is 1050. The zero-order valence-electron chi connectivity index (χ0n) is 16.2. The summed E-state index contributed by atoms with van der Waals surface area (Å²) in [6.45, 7) is 2.00. The number of benzene rings is 3. The highest BCUT2D eigenvalue weighted by Crippen LogP contribution is 2.21. The molecule has 3 aromatic rings. The van der Waals surface area contributed by atoms with Gasteiger partial charge in [0.1, 0.15) is 18.2 Å². The number of nitrogens with one attached hydrogen (secondary N) is 2. The van der Waals surface area contributed by atoms with Crippen molar-refractivity contribution in [1.82, 2.24) is 5.32 Å². The average Bonchev–Trinajstić information content (AvgIpc) is 2.72. The fraction of sp³-hybridized carbons (Fsp3) is 0.130. The molecular weight excluding hydrogens is 371 g/mol. The molecule has 2 amide bonds. The van der Waals surface area contributed by atoms with Gasteiger partial charge in [-0.25, -0.2) is 4.39 Å². The van der Waals surface area contributed by atoms with Gasteiger partial charge in [0.05, 0.1) is 11.3 Å². The van der Waals surface area contributed by atoms with Crippen LogP contribution in [0.25, 0.3) is 0 Å². The summed E-state index contributed by atoms with van der Waals surface area (Å²) in [4.78, 5) is 24.9. The second kappa shape index (κ2) is 9.01. The van der Waals surface area contributed by atoms with Gasteiger partial charge in [-0.1, -0.05) is 30.3 Å². The first-order chi connectivity index (χ1) is 14.0. The van der Waals surface area contributed by atoms with E-state index in [0.29, 0.717) is 22.6 Å². The summed E-state index contributed by atoms with van der Waals surface area (Å²) in [5, 5.41) is 5.39. The van der Waals surface area contributed by atoms with Crippen molar-refractivity contribution >= 4 is 17.5 Å². The minimum absolute atomic E-state index is 0.193. The third-order valence-electron chi connectivity index (χ3n) is 4.37. The lowest BCUT2D eigenvalue weighted by atomic mass is 10.0. The molecule has 0 unspecified atom stereocenters. The Morgan fingerprint density at radius 2 is 1.72 bits per heavy atom. The SMILES string of the molecule is CNC(=O)c1c(C)cccc1NC(=O)c1cccc(COc2cccc(F)c2)c1. The Labute approximate surface area is 168 Å². The number of halogens is 1. The molecule has 6 heteroatoms. The van der Waals surface area contributed by atoms with E-state index in [1.165, 1.54) is 12.1 Å². The average molecular weight is 392 g/mol. The Balaban J connectivity index is 1.75. The van der Waals surface area contributed by atoms with Crippen LogP contribution >= 0.6 is 0 Å². The Kier molecular flexibility index (Phi) is 6.24. The predicted molar refractivity (Wildman–Crippen MR) is 110 cm³/mol. The summed E-state index contributed by atoms with van der Waals surface area (Å²) in [5.74, 6) is -0.570. The Morgan fingerprint density at radius 1 is 0.966 bits per heavy atom. The number of hydrogen-bond acceptors (Lipinski definition) is 3. The lowest BCUT2D eigenvalue weighted by Crippen LogP contribution is -2.22. The molecule has 5 nitrogen and oxygen atoms in total. The summed E-state index contributed by atoms with van der Waals surface area (Å²) in [6, 6.07) is 18.1. The molecule has 29 heavy (non-hydrogen) atoms. The van der Waals surface area contributed by atoms with Gasteiger partial charge < -0.3 is 15.4 Å². The summed E-state index contributed by atoms with van der Waals surface area (Å²) >= 11 is 0. The van der Waals surface area contributed by atoms with Crippen LogP contribution in [0.1, 0.15) is 31.8 Å². The molecule has 0 bridgehead atoms. The molecule has 0 atom stereocenters. The van der Waals surface area contributed by atoms with E-state index in [1.54, 1.807) is 49.5 Å². The molecule has 0 saturated carbocycles. The molecule has 2 N–H and O–H groups in total. The number of hydrogen-bond donors (Lipinski definition) is 2. The number of ether oxygens (including phenoxy) is 1. The molecule has 0 aliphatic heterocycles. The van der Waals surface area contributed by atoms with Crippen LogP contribution in [0.15, 0.2) is 66.7 Å². The normalized spacial score (nSPS) is 10.3. The molecule has 0 fully saturated rings. The van der Waals surface area contributed by atoms with Crippen molar-refractivity contribution in [2.24, 2.45) is 0 Å². The van der Waals surface area contributed by atoms with Gasteiger partial charge in [0, 0.05) is 18.7 Å². The number of anilines is 1. The van der Waals surface area contributed by atoms with E-state index in [2.05, 4.69) is 10.6 Å². The maximum atomic E-state index is 13.3. The van der Waals surface area contributed by atoms with Crippen LogP contribution in [-0.4, -0.2) is 18.9 Å². The van der Waals surface area contributed by atoms with Crippen LogP contribution in [0.4, 0.5) is 10.1 Å². The lowest BCUT2D eigenvalue weighted by Gasteiger charge is -2.13. The van der Waals surface area contributed by atoms with Crippen molar-refractivity contribution in [3.05, 3.63) is 94.8 Å². The number of aryl methyl sites for hydroxylation is 1. The topological polar surface area (TPSA) is 67.4 Å². The van der Waals surface area contributed by atoms with Gasteiger partial charge >= 0.3 is 0 Å². The number of carbonyl (C=O) groups excluding carboxylic acids is 2. The molecule has 3 aromatic carbocycles. The van der Waals surface area contributed by atoms with E-state index in [4.69, 9.17) is 4.74 Å². The molecule has 0 aliphatic rings. The van der Waals surface area contributed by atoms with Crippen molar-refractivity contribution in [1.29, 1.82) is 0 Å². The first-order valence-corrected chi connectivity index (χ1v) is 9.08. The quantitative estimate of drug-likeness (QED) is 0.656. The number of carbonyl (C=O) groups is 2. The fourth-order valence-electron chi connectivity index (χ4n) is 2.92. The van der Waals surface area contributed by atoms with Crippen molar-refractivity contribution < 1.29 is 18.7 Å². The van der Waals surface area contributed by atoms with Gasteiger partial charge in [-0.3, -0.25) is 9.59 Å². The van der Waals surface area contributed by atoms with E-state index in [0.717, 1.165) is 11.1 Å². The van der Waals surface area contributed by atoms with Crippen molar-refractivity contribution in [3.8, 4) is 5.75 Å². The predicted octanol–water partition coefficient (Wildman–Crippen LogP) is 4.33. The van der Waals surface area contributed by atoms with Crippen LogP contribution in [0.5, 0.6) is 5.75 Å². The second-order valence-electron chi connectivity index (χ2n) is 6.48. The highest BCUT2D eigenvalue weighted by molar-refractivity contribution is 6.09. The zero-order chi connectivity index (χ0) is 20.8. The molecule has 3 rings (SSSR count). The second-order valence-corrected chi connectivity index (χ2v) is 6.48. The summed E-state index contributed by atoms with van der Waals surface area (Å²) in [6.07, 6.45) is 0. The standard InChI is InChI=1S/C23H21FN2O3/c1-15-6-3-11-20(21(15)23(28)25-2)26-22(27)17-8-4-7-16(12-17)14-29-19-10-5-9-18(24)13-19/h3-13H,14H2,1-2H3,(H,25,28)(H,26,27). The highest BCUT2D eigenvalue weighted by Gasteiger charge is 2.16. The largest absolute Gasteiger partial charge is 0.489 e. The van der Waals surface area contributed by atoms with Crippen LogP contribution in [0.3, 0.4) is 0 Å². The Hall–Kier alpha value is -3.67. The minimum Gasteiger partial charge on any atom is -0.489 e. The smallest absolute Gasteiger partial charge is 0.255 e. The van der Waals surface area contributed by atoms with E-state index in [1.807, 2.05) is 19.1 Å². The molecule has 0 spiro atoms. The zero-order valence-corrected chi connectivity index (χ0v) is 16.2. The van der Waals surface area contributed by atoms with Crippen LogP contribution in [0, 0.1) is 12.7 Å². The molecule has 0 heterocycles. The van der Waals surface area contributed by atoms with Gasteiger partial charge in [0.15, 0.2) is 0 Å². The summed E-state index contributed by atoms with van der Waals surface area (Å²) in [5.41, 5.74) is 2.82. The molecule has 0 aromatic heterocycles. The van der Waals surface area contributed by atoms with E-state index < -0.39 is 0 Å². The molecule has 0 aliphatic carbocycles. The van der Waals surface area contributed by atoms with E-state index in [9.17, 15) is 14.0 Å². The van der Waals surface area contributed by atoms with Gasteiger partial charge in [-0.2, -0.15) is 0 Å². The Morgan fingerprint density at radius 3 is 2.48 bits per heavy atom. The van der Waals surface area contributed by atoms with Crippen LogP contribution < -0.4 is 15.4 Å². The first-order valence-electron chi connectivity index (χ1n) is 9.08. The van der Waals surface area contributed by atoms with Gasteiger partial charge in [0.25, 0.3) is 11.8 Å². The third kappa shape index (κ3) is 4.99. The number of amides is 2. The fourth-order valence-corrected chi connectivity index (χ4v) is 2.92. The monoisotopic (exact) mass is 392 g/mol. The maximum Gasteiger partial charge on any atom is 0.255 e. The van der Waals surface area contributed by atoms with Gasteiger partial charge in [0.2, 0.25) is 0 Å². The molecule has 0 radical (unpaired) electrons. The van der Waals surface area contributed by atoms with Crippen molar-refractivity contribution in [3.63, 3.8) is 0 Å². The third-order valence-corrected chi connectivity index (χ3v) is 4.37. The summed E-state index contributed by atoms with van der Waals surface area (Å²) < 4.78 is 18.8. The molecular formula is C23H21FN2O3. The highest BCUT2D eigenvalue weighted by atomic mass is 19.1. The van der Waals surface area contributed by atoms with E-state index >= 15 is 0 Å². The van der Waals surface area contributed by atoms with Crippen molar-refractivity contribution in [2.45, 2.75) is 13.5 Å². The lowest BCUT2D eigenvalue weighted by molar-refractivity contribution is 0.0963. The number of rotatable bonds is 6. The molecule has 0 saturated heterocycles. The van der Waals surface area contributed by atoms with Gasteiger partial charge in [-0.15, -0.1) is 0 Å².